The molecule has 2 rings (SSSR count). The van der Waals surface area contributed by atoms with Crippen molar-refractivity contribution in [1.29, 1.82) is 5.26 Å². The third-order valence-corrected chi connectivity index (χ3v) is 4.61. The van der Waals surface area contributed by atoms with Gasteiger partial charge >= 0.3 is 0 Å². The van der Waals surface area contributed by atoms with Crippen LogP contribution in [0.4, 0.5) is 5.69 Å². The number of nitrogens with zero attached hydrogens (tertiary/aromatic N) is 3. The highest BCUT2D eigenvalue weighted by molar-refractivity contribution is 8.01. The van der Waals surface area contributed by atoms with Gasteiger partial charge in [0.2, 0.25) is 5.91 Å². The number of rotatable bonds is 6. The van der Waals surface area contributed by atoms with Crippen molar-refractivity contribution in [3.05, 3.63) is 34.8 Å². The maximum absolute atomic E-state index is 11.8. The molecule has 0 atom stereocenters. The van der Waals surface area contributed by atoms with Gasteiger partial charge < -0.3 is 5.32 Å². The maximum atomic E-state index is 11.8. The summed E-state index contributed by atoms with van der Waals surface area (Å²) in [4.78, 5) is 11.8. The second kappa shape index (κ2) is 7.76. The third kappa shape index (κ3) is 5.17. The molecule has 1 aromatic heterocycles. The molecule has 1 heterocycles. The average Bonchev–Trinajstić information content (AvgIpc) is 2.89. The van der Waals surface area contributed by atoms with E-state index in [2.05, 4.69) is 15.5 Å². The van der Waals surface area contributed by atoms with Crippen LogP contribution in [0.25, 0.3) is 0 Å². The summed E-state index contributed by atoms with van der Waals surface area (Å²) < 4.78 is 0.939. The van der Waals surface area contributed by atoms with Crippen LogP contribution in [0.5, 0.6) is 0 Å². The predicted octanol–water partition coefficient (Wildman–Crippen LogP) is 3.23. The molecule has 7 heteroatoms. The normalized spacial score (nSPS) is 10.1. The highest BCUT2D eigenvalue weighted by Gasteiger charge is 2.05. The molecule has 0 bridgehead atoms. The molecule has 0 aliphatic heterocycles. The Bertz CT molecular complexity index is 663. The Hall–Kier alpha value is -1.91. The van der Waals surface area contributed by atoms with Gasteiger partial charge in [-0.15, -0.1) is 10.2 Å². The summed E-state index contributed by atoms with van der Waals surface area (Å²) in [6.45, 7) is 1.92. The SMILES string of the molecule is Cc1nnc(SCCCC(=O)Nc2cccc(C#N)c2)s1. The number of aromatic nitrogens is 2. The summed E-state index contributed by atoms with van der Waals surface area (Å²) in [5, 5.41) is 20.5. The van der Waals surface area contributed by atoms with Crippen molar-refractivity contribution in [2.75, 3.05) is 11.1 Å². The van der Waals surface area contributed by atoms with Gasteiger partial charge in [-0.3, -0.25) is 4.79 Å². The molecule has 0 aliphatic rings. The Morgan fingerprint density at radius 1 is 1.48 bits per heavy atom. The van der Waals surface area contributed by atoms with E-state index in [9.17, 15) is 4.79 Å². The quantitative estimate of drug-likeness (QED) is 0.653. The van der Waals surface area contributed by atoms with Gasteiger partial charge in [-0.1, -0.05) is 29.2 Å². The van der Waals surface area contributed by atoms with Gasteiger partial charge in [-0.25, -0.2) is 0 Å². The van der Waals surface area contributed by atoms with Gasteiger partial charge in [0.25, 0.3) is 0 Å². The molecule has 108 valence electrons. The Kier molecular flexibility index (Phi) is 5.72. The van der Waals surface area contributed by atoms with E-state index in [4.69, 9.17) is 5.26 Å². The summed E-state index contributed by atoms with van der Waals surface area (Å²) in [5.74, 6) is 0.791. The third-order valence-electron chi connectivity index (χ3n) is 2.56. The first-order chi connectivity index (χ1) is 10.2. The highest BCUT2D eigenvalue weighted by Crippen LogP contribution is 2.22. The summed E-state index contributed by atoms with van der Waals surface area (Å²) in [6, 6.07) is 8.94. The van der Waals surface area contributed by atoms with E-state index in [1.54, 1.807) is 47.4 Å². The van der Waals surface area contributed by atoms with E-state index in [0.29, 0.717) is 17.7 Å². The first-order valence-corrected chi connectivity index (χ1v) is 8.20. The van der Waals surface area contributed by atoms with Crippen LogP contribution < -0.4 is 5.32 Å². The molecule has 0 saturated heterocycles. The Labute approximate surface area is 131 Å². The van der Waals surface area contributed by atoms with Crippen molar-refractivity contribution in [1.82, 2.24) is 10.2 Å². The minimum Gasteiger partial charge on any atom is -0.326 e. The zero-order valence-electron chi connectivity index (χ0n) is 11.5. The second-order valence-electron chi connectivity index (χ2n) is 4.28. The number of nitrogens with one attached hydrogen (secondary N) is 1. The monoisotopic (exact) mass is 318 g/mol. The lowest BCUT2D eigenvalue weighted by molar-refractivity contribution is -0.116. The van der Waals surface area contributed by atoms with E-state index < -0.39 is 0 Å². The number of carbonyl (C=O) groups is 1. The number of aryl methyl sites for hydroxylation is 1. The van der Waals surface area contributed by atoms with Crippen molar-refractivity contribution in [3.8, 4) is 6.07 Å². The number of benzene rings is 1. The molecule has 0 spiro atoms. The van der Waals surface area contributed by atoms with E-state index in [-0.39, 0.29) is 5.91 Å². The largest absolute Gasteiger partial charge is 0.326 e. The summed E-state index contributed by atoms with van der Waals surface area (Å²) in [6.07, 6.45) is 1.22. The first kappa shape index (κ1) is 15.5. The smallest absolute Gasteiger partial charge is 0.224 e. The second-order valence-corrected chi connectivity index (χ2v) is 6.80. The minimum atomic E-state index is -0.0425. The van der Waals surface area contributed by atoms with Crippen LogP contribution in [0.3, 0.4) is 0 Å². The number of amides is 1. The molecule has 5 nitrogen and oxygen atoms in total. The standard InChI is InChI=1S/C14H14N4OS2/c1-10-17-18-14(21-10)20-7-3-6-13(19)16-12-5-2-4-11(8-12)9-15/h2,4-5,8H,3,6-7H2,1H3,(H,16,19). The number of carbonyl (C=O) groups excluding carboxylic acids is 1. The van der Waals surface area contributed by atoms with Crippen LogP contribution in [0.15, 0.2) is 28.6 Å². The molecule has 0 fully saturated rings. The van der Waals surface area contributed by atoms with Gasteiger partial charge in [0.15, 0.2) is 4.34 Å². The Morgan fingerprint density at radius 3 is 3.05 bits per heavy atom. The Balaban J connectivity index is 1.71. The molecule has 0 aliphatic carbocycles. The molecule has 0 saturated carbocycles. The molecule has 21 heavy (non-hydrogen) atoms. The molecule has 0 unspecified atom stereocenters. The first-order valence-electron chi connectivity index (χ1n) is 6.40. The van der Waals surface area contributed by atoms with Crippen LogP contribution in [0.2, 0.25) is 0 Å². The van der Waals surface area contributed by atoms with Crippen molar-refractivity contribution in [3.63, 3.8) is 0 Å². The molecular formula is C14H14N4OS2. The predicted molar refractivity (Wildman–Crippen MR) is 84.4 cm³/mol. The molecule has 0 radical (unpaired) electrons. The van der Waals surface area contributed by atoms with Crippen molar-refractivity contribution in [2.45, 2.75) is 24.1 Å². The lowest BCUT2D eigenvalue weighted by Crippen LogP contribution is -2.11. The molecule has 1 N–H and O–H groups in total. The van der Waals surface area contributed by atoms with E-state index in [1.807, 2.05) is 13.0 Å². The van der Waals surface area contributed by atoms with Crippen LogP contribution in [0, 0.1) is 18.3 Å². The van der Waals surface area contributed by atoms with Gasteiger partial charge in [-0.2, -0.15) is 5.26 Å². The van der Waals surface area contributed by atoms with Crippen molar-refractivity contribution in [2.24, 2.45) is 0 Å². The Morgan fingerprint density at radius 2 is 2.33 bits per heavy atom. The number of hydrogen-bond donors (Lipinski definition) is 1. The number of nitriles is 1. The lowest BCUT2D eigenvalue weighted by atomic mass is 10.2. The van der Waals surface area contributed by atoms with Crippen molar-refractivity contribution >= 4 is 34.7 Å². The van der Waals surface area contributed by atoms with Crippen LogP contribution in [-0.2, 0) is 4.79 Å². The molecular weight excluding hydrogens is 304 g/mol. The fourth-order valence-corrected chi connectivity index (χ4v) is 3.44. The maximum Gasteiger partial charge on any atom is 0.224 e. The van der Waals surface area contributed by atoms with Gasteiger partial charge in [0.1, 0.15) is 5.01 Å². The van der Waals surface area contributed by atoms with Crippen LogP contribution in [-0.4, -0.2) is 21.9 Å². The molecule has 1 aromatic carbocycles. The molecule has 1 amide bonds. The van der Waals surface area contributed by atoms with E-state index in [0.717, 1.165) is 21.5 Å². The summed E-state index contributed by atoms with van der Waals surface area (Å²) in [7, 11) is 0. The van der Waals surface area contributed by atoms with E-state index in [1.165, 1.54) is 0 Å². The van der Waals surface area contributed by atoms with Gasteiger partial charge in [0, 0.05) is 17.9 Å². The minimum absolute atomic E-state index is 0.0425. The van der Waals surface area contributed by atoms with Gasteiger partial charge in [-0.05, 0) is 31.5 Å². The summed E-state index contributed by atoms with van der Waals surface area (Å²) in [5.41, 5.74) is 1.20. The number of anilines is 1. The van der Waals surface area contributed by atoms with Crippen molar-refractivity contribution < 1.29 is 4.79 Å². The fraction of sp³-hybridized carbons (Fsp3) is 0.286. The number of hydrogen-bond acceptors (Lipinski definition) is 6. The summed E-state index contributed by atoms with van der Waals surface area (Å²) >= 11 is 3.18. The van der Waals surface area contributed by atoms with Gasteiger partial charge in [0.05, 0.1) is 11.6 Å². The number of thioether (sulfide) groups is 1. The lowest BCUT2D eigenvalue weighted by Gasteiger charge is -2.04. The zero-order valence-corrected chi connectivity index (χ0v) is 13.1. The average molecular weight is 318 g/mol. The topological polar surface area (TPSA) is 78.7 Å². The van der Waals surface area contributed by atoms with Crippen LogP contribution in [0.1, 0.15) is 23.4 Å². The highest BCUT2D eigenvalue weighted by atomic mass is 32.2. The molecule has 2 aromatic rings. The zero-order chi connectivity index (χ0) is 15.1. The van der Waals surface area contributed by atoms with E-state index >= 15 is 0 Å². The fourth-order valence-electron chi connectivity index (χ4n) is 1.62. The van der Waals surface area contributed by atoms with Crippen LogP contribution >= 0.6 is 23.1 Å².